The highest BCUT2D eigenvalue weighted by molar-refractivity contribution is 6.99. The monoisotopic (exact) mass is 788 g/mol. The van der Waals surface area contributed by atoms with Crippen molar-refractivity contribution in [3.63, 3.8) is 0 Å². The Kier molecular flexibility index (Phi) is 7.30. The number of allylic oxidation sites excluding steroid dienone is 4. The van der Waals surface area contributed by atoms with Crippen molar-refractivity contribution in [1.82, 2.24) is 17.8 Å². The molecule has 6 heterocycles. The summed E-state index contributed by atoms with van der Waals surface area (Å²) in [4.78, 5) is 0. The lowest BCUT2D eigenvalue weighted by Crippen LogP contribution is -2.60. The largest absolute Gasteiger partial charge is 0.465 e. The first-order valence-electron chi connectivity index (χ1n) is 21.5. The van der Waals surface area contributed by atoms with Crippen molar-refractivity contribution >= 4 is 102 Å². The molecule has 0 saturated heterocycles. The molecular weight excluding hydrogens is 742 g/mol. The molecule has 0 amide bonds. The Morgan fingerprint density at radius 1 is 0.705 bits per heavy atom. The normalized spacial score (nSPS) is 14.0. The van der Waals surface area contributed by atoms with Gasteiger partial charge < -0.3 is 4.42 Å². The predicted molar refractivity (Wildman–Crippen MR) is 261 cm³/mol. The number of para-hydroxylation sites is 3. The van der Waals surface area contributed by atoms with Gasteiger partial charge in [-0.05, 0) is 85.3 Å². The zero-order valence-electron chi connectivity index (χ0n) is 35.9. The molecule has 0 spiro atoms. The van der Waals surface area contributed by atoms with Gasteiger partial charge in [0, 0.05) is 16.5 Å². The van der Waals surface area contributed by atoms with Crippen molar-refractivity contribution in [3.05, 3.63) is 173 Å². The number of aryl methyl sites for hydroxylation is 2. The molecule has 6 aromatic carbocycles. The van der Waals surface area contributed by atoms with Crippen LogP contribution in [0.4, 0.5) is 0 Å². The Morgan fingerprint density at radius 2 is 1.34 bits per heavy atom. The molecule has 2 aliphatic heterocycles. The molecule has 61 heavy (non-hydrogen) atoms. The summed E-state index contributed by atoms with van der Waals surface area (Å²) in [6.07, 6.45) is 1.99. The summed E-state index contributed by atoms with van der Waals surface area (Å²) in [5, 5.41) is 3.62. The lowest BCUT2D eigenvalue weighted by Gasteiger charge is -2.36. The molecule has 5 nitrogen and oxygen atoms in total. The van der Waals surface area contributed by atoms with Crippen molar-refractivity contribution in [2.24, 2.45) is 0 Å². The van der Waals surface area contributed by atoms with Crippen molar-refractivity contribution in [3.8, 4) is 5.69 Å². The summed E-state index contributed by atoms with van der Waals surface area (Å²) in [5.74, 6) is 2.56. The molecule has 7 heteroatoms. The van der Waals surface area contributed by atoms with Crippen LogP contribution in [0.3, 0.4) is 0 Å². The van der Waals surface area contributed by atoms with Gasteiger partial charge in [0.2, 0.25) is 6.71 Å². The molecule has 0 radical (unpaired) electrons. The molecule has 4 aromatic heterocycles. The Morgan fingerprint density at radius 3 is 2.05 bits per heavy atom. The third kappa shape index (κ3) is 4.64. The first kappa shape index (κ1) is 36.0. The third-order valence-electron chi connectivity index (χ3n) is 13.8. The Balaban J connectivity index is 1.51. The minimum atomic E-state index is -0.277. The fourth-order valence-electron chi connectivity index (χ4n) is 11.2. The van der Waals surface area contributed by atoms with Gasteiger partial charge in [0.25, 0.3) is 6.71 Å². The lowest BCUT2D eigenvalue weighted by molar-refractivity contribution is 0.591. The maximum Gasteiger partial charge on any atom is 0.295 e. The predicted octanol–water partition coefficient (Wildman–Crippen LogP) is 9.68. The van der Waals surface area contributed by atoms with Crippen LogP contribution >= 0.6 is 0 Å². The van der Waals surface area contributed by atoms with Crippen LogP contribution in [-0.2, 0) is 5.41 Å². The summed E-state index contributed by atoms with van der Waals surface area (Å²) in [6.45, 7) is 24.6. The molecule has 0 N–H and O–H groups in total. The summed E-state index contributed by atoms with van der Waals surface area (Å²) in [5.41, 5.74) is 22.6. The van der Waals surface area contributed by atoms with E-state index in [1.807, 2.05) is 6.08 Å². The zero-order chi connectivity index (χ0) is 41.8. The minimum absolute atomic E-state index is 0.0509. The van der Waals surface area contributed by atoms with Gasteiger partial charge >= 0.3 is 0 Å². The van der Waals surface area contributed by atoms with Gasteiger partial charge in [-0.1, -0.05) is 164 Å². The second-order valence-corrected chi connectivity index (χ2v) is 18.5. The fraction of sp³-hybridized carbons (Fsp3) is 0.148. The second-order valence-electron chi connectivity index (χ2n) is 18.5. The number of hydrogen-bond acceptors (Lipinski definition) is 1. The van der Waals surface area contributed by atoms with Crippen LogP contribution in [0, 0.1) is 13.8 Å². The van der Waals surface area contributed by atoms with Crippen LogP contribution in [0.25, 0.3) is 72.3 Å². The van der Waals surface area contributed by atoms with Crippen LogP contribution in [0.2, 0.25) is 0 Å². The van der Waals surface area contributed by atoms with Crippen LogP contribution in [0.5, 0.6) is 0 Å². The van der Waals surface area contributed by atoms with E-state index in [0.29, 0.717) is 0 Å². The fourth-order valence-corrected chi connectivity index (χ4v) is 11.2. The first-order valence-corrected chi connectivity index (χ1v) is 21.5. The molecule has 0 aliphatic carbocycles. The SMILES string of the molecule is C=C/C(C)=C(/B1c2cc(C(C)(C)C)cc3c2-n2c(n4c5cccc6cccc(c65)n5c6ccccc6c(c45)n4c5ccccc5oc1c24)=CB3c1c(C)cccc1C)C(=C)C. The van der Waals surface area contributed by atoms with E-state index in [-0.39, 0.29) is 18.8 Å². The number of hydrogen-bond donors (Lipinski definition) is 0. The maximum atomic E-state index is 7.48. The van der Waals surface area contributed by atoms with E-state index in [1.54, 1.807) is 0 Å². The quantitative estimate of drug-likeness (QED) is 0.129. The average molecular weight is 789 g/mol. The van der Waals surface area contributed by atoms with Gasteiger partial charge in [0.1, 0.15) is 22.4 Å². The van der Waals surface area contributed by atoms with E-state index in [2.05, 4.69) is 201 Å². The highest BCUT2D eigenvalue weighted by Crippen LogP contribution is 2.38. The molecule has 12 rings (SSSR count). The average Bonchev–Trinajstić information content (AvgIpc) is 3.51. The molecule has 0 unspecified atom stereocenters. The number of aromatic nitrogens is 4. The van der Waals surface area contributed by atoms with Crippen molar-refractivity contribution in [2.75, 3.05) is 0 Å². The molecular formula is C54H46B2N4O. The number of benzene rings is 6. The van der Waals surface area contributed by atoms with E-state index in [9.17, 15) is 0 Å². The van der Waals surface area contributed by atoms with Gasteiger partial charge in [-0.3, -0.25) is 17.8 Å². The van der Waals surface area contributed by atoms with Gasteiger partial charge in [-0.15, -0.1) is 0 Å². The van der Waals surface area contributed by atoms with Gasteiger partial charge in [0.15, 0.2) is 5.65 Å². The molecule has 0 atom stereocenters. The second kappa shape index (κ2) is 12.4. The molecule has 10 aromatic rings. The van der Waals surface area contributed by atoms with Gasteiger partial charge in [-0.25, -0.2) is 0 Å². The molecule has 2 aliphatic rings. The van der Waals surface area contributed by atoms with Gasteiger partial charge in [-0.2, -0.15) is 0 Å². The van der Waals surface area contributed by atoms with Crippen LogP contribution < -0.4 is 27.5 Å². The topological polar surface area (TPSA) is 31.3 Å². The number of fused-ring (bicyclic) bond motifs is 9. The molecule has 0 bridgehead atoms. The van der Waals surface area contributed by atoms with Crippen LogP contribution in [-0.4, -0.2) is 31.2 Å². The number of nitrogens with zero attached hydrogens (tertiary/aromatic N) is 4. The zero-order valence-corrected chi connectivity index (χ0v) is 35.9. The lowest BCUT2D eigenvalue weighted by atomic mass is 9.32. The standard InChI is InChI=1S/C54H46B2N4O/c1-10-32(4)47(31(2)3)56-39-29-36(54(7,8)9)28-38-50(39)60-45(30-55(38)48-33(5)18-15-19-34(48)6)58-43-26-17-21-35-20-16-25-42(46(35)43)57-40-23-12-11-22-37(40)49(52(57)58)59-41-24-13-14-27-44(41)61-51(56)53(59)60/h10-30H,1-2H2,3-9H3/b47-32+. The van der Waals surface area contributed by atoms with Crippen molar-refractivity contribution in [2.45, 2.75) is 53.9 Å². The van der Waals surface area contributed by atoms with Crippen LogP contribution in [0.1, 0.15) is 51.3 Å². The Labute approximate surface area is 355 Å². The van der Waals surface area contributed by atoms with Gasteiger partial charge in [0.05, 0.1) is 27.6 Å². The minimum Gasteiger partial charge on any atom is -0.465 e. The smallest absolute Gasteiger partial charge is 0.295 e. The summed E-state index contributed by atoms with van der Waals surface area (Å²) in [6, 6.07) is 42.8. The Bertz CT molecular complexity index is 3770. The van der Waals surface area contributed by atoms with Crippen molar-refractivity contribution in [1.29, 1.82) is 0 Å². The Hall–Kier alpha value is -6.85. The summed E-state index contributed by atoms with van der Waals surface area (Å²) in [7, 11) is 0. The number of rotatable bonds is 4. The summed E-state index contributed by atoms with van der Waals surface area (Å²) < 4.78 is 17.7. The molecule has 0 fully saturated rings. The highest BCUT2D eigenvalue weighted by Gasteiger charge is 2.43. The van der Waals surface area contributed by atoms with E-state index < -0.39 is 0 Å². The van der Waals surface area contributed by atoms with Crippen LogP contribution in [0.15, 0.2) is 156 Å². The first-order chi connectivity index (χ1) is 29.5. The highest BCUT2D eigenvalue weighted by atomic mass is 16.3. The van der Waals surface area contributed by atoms with E-state index in [4.69, 9.17) is 4.42 Å². The van der Waals surface area contributed by atoms with E-state index >= 15 is 0 Å². The molecule has 0 saturated carbocycles. The third-order valence-corrected chi connectivity index (χ3v) is 13.8. The van der Waals surface area contributed by atoms with E-state index in [1.165, 1.54) is 60.4 Å². The maximum absolute atomic E-state index is 7.48. The summed E-state index contributed by atoms with van der Waals surface area (Å²) >= 11 is 0. The van der Waals surface area contributed by atoms with Crippen molar-refractivity contribution < 1.29 is 4.42 Å². The molecule has 294 valence electrons. The van der Waals surface area contributed by atoms with E-state index in [0.717, 1.165) is 66.7 Å².